The minimum absolute atomic E-state index is 0. The summed E-state index contributed by atoms with van der Waals surface area (Å²) < 4.78 is 31.9. The average molecular weight is 805 g/mol. The zero-order chi connectivity index (χ0) is 38.0. The molecule has 1 fully saturated rings. The van der Waals surface area contributed by atoms with Crippen molar-refractivity contribution < 1.29 is 23.4 Å². The summed E-state index contributed by atoms with van der Waals surface area (Å²) in [4.78, 5) is 20.8. The van der Waals surface area contributed by atoms with E-state index < -0.39 is 5.82 Å². The SMILES string of the molecule is Cc1cc(/C(=C\C=O)N2CCN(Cc3ccc(CCOc4ccc(C(C)C)cc4)cc3)CC2)cc(Cl)c1Oc1ccc(OCc2cccc(Cl)c2F)cn1.Cl. The van der Waals surface area contributed by atoms with Crippen LogP contribution in [0.5, 0.6) is 23.1 Å². The quantitative estimate of drug-likeness (QED) is 0.0771. The molecule has 1 aliphatic rings. The van der Waals surface area contributed by atoms with Crippen molar-refractivity contribution in [1.29, 1.82) is 0 Å². The van der Waals surface area contributed by atoms with Crippen LogP contribution in [0.15, 0.2) is 103 Å². The lowest BCUT2D eigenvalue weighted by atomic mass is 10.0. The van der Waals surface area contributed by atoms with Crippen LogP contribution in [0.25, 0.3) is 5.70 Å². The molecule has 5 aromatic rings. The van der Waals surface area contributed by atoms with Crippen molar-refractivity contribution in [2.24, 2.45) is 0 Å². The summed E-state index contributed by atoms with van der Waals surface area (Å²) in [5.41, 5.74) is 6.62. The van der Waals surface area contributed by atoms with Crippen molar-refractivity contribution in [1.82, 2.24) is 14.8 Å². The van der Waals surface area contributed by atoms with Crippen molar-refractivity contribution in [2.45, 2.75) is 46.3 Å². The van der Waals surface area contributed by atoms with Gasteiger partial charge in [0.05, 0.1) is 22.8 Å². The Morgan fingerprint density at radius 2 is 1.58 bits per heavy atom. The first kappa shape index (κ1) is 41.6. The van der Waals surface area contributed by atoms with Crippen LogP contribution < -0.4 is 14.2 Å². The van der Waals surface area contributed by atoms with E-state index in [4.69, 9.17) is 37.4 Å². The molecule has 4 aromatic carbocycles. The van der Waals surface area contributed by atoms with Crippen LogP contribution in [0.2, 0.25) is 10.0 Å². The number of ether oxygens (including phenoxy) is 3. The number of halogens is 4. The predicted octanol–water partition coefficient (Wildman–Crippen LogP) is 10.7. The number of aromatic nitrogens is 1. The molecule has 11 heteroatoms. The molecular weight excluding hydrogens is 760 g/mol. The van der Waals surface area contributed by atoms with E-state index in [-0.39, 0.29) is 24.0 Å². The van der Waals surface area contributed by atoms with Gasteiger partial charge in [0.1, 0.15) is 30.2 Å². The number of hydrogen-bond acceptors (Lipinski definition) is 7. The summed E-state index contributed by atoms with van der Waals surface area (Å²) in [6.45, 7) is 11.0. The number of aldehydes is 1. The van der Waals surface area contributed by atoms with Gasteiger partial charge in [0, 0.05) is 62.5 Å². The van der Waals surface area contributed by atoms with Crippen molar-refractivity contribution in [3.8, 4) is 23.1 Å². The van der Waals surface area contributed by atoms with Crippen molar-refractivity contribution >= 4 is 47.6 Å². The van der Waals surface area contributed by atoms with E-state index in [9.17, 15) is 9.18 Å². The molecule has 0 spiro atoms. The van der Waals surface area contributed by atoms with Crippen molar-refractivity contribution in [3.05, 3.63) is 153 Å². The molecule has 0 N–H and O–H groups in total. The molecule has 2 heterocycles. The van der Waals surface area contributed by atoms with Gasteiger partial charge in [-0.15, -0.1) is 12.4 Å². The molecule has 0 aliphatic carbocycles. The minimum Gasteiger partial charge on any atom is -0.493 e. The third-order valence-electron chi connectivity index (χ3n) is 9.44. The molecule has 0 unspecified atom stereocenters. The lowest BCUT2D eigenvalue weighted by Crippen LogP contribution is -2.45. The highest BCUT2D eigenvalue weighted by atomic mass is 35.5. The molecule has 0 radical (unpaired) electrons. The fraction of sp³-hybridized carbons (Fsp3) is 0.273. The van der Waals surface area contributed by atoms with E-state index in [0.717, 1.165) is 68.0 Å². The Hall–Kier alpha value is -4.60. The molecule has 0 saturated carbocycles. The van der Waals surface area contributed by atoms with Crippen LogP contribution in [0.3, 0.4) is 0 Å². The second-order valence-electron chi connectivity index (χ2n) is 13.6. The van der Waals surface area contributed by atoms with Crippen molar-refractivity contribution in [3.63, 3.8) is 0 Å². The lowest BCUT2D eigenvalue weighted by Gasteiger charge is -2.37. The summed E-state index contributed by atoms with van der Waals surface area (Å²) in [6.07, 6.45) is 4.77. The number of nitrogens with zero attached hydrogens (tertiary/aromatic N) is 3. The zero-order valence-corrected chi connectivity index (χ0v) is 33.5. The fourth-order valence-electron chi connectivity index (χ4n) is 6.35. The first-order valence-corrected chi connectivity index (χ1v) is 18.9. The van der Waals surface area contributed by atoms with E-state index in [1.54, 1.807) is 30.3 Å². The van der Waals surface area contributed by atoms with Gasteiger partial charge in [-0.1, -0.05) is 85.6 Å². The van der Waals surface area contributed by atoms with Crippen LogP contribution in [0, 0.1) is 12.7 Å². The third-order valence-corrected chi connectivity index (χ3v) is 10.0. The highest BCUT2D eigenvalue weighted by Crippen LogP contribution is 2.36. The predicted molar refractivity (Wildman–Crippen MR) is 221 cm³/mol. The number of benzene rings is 4. The van der Waals surface area contributed by atoms with Crippen LogP contribution >= 0.6 is 35.6 Å². The maximum Gasteiger partial charge on any atom is 0.219 e. The minimum atomic E-state index is -0.506. The molecule has 6 rings (SSSR count). The third kappa shape index (κ3) is 11.2. The number of pyridine rings is 1. The molecule has 1 aliphatic heterocycles. The molecule has 55 heavy (non-hydrogen) atoms. The number of carbonyl (C=O) groups is 1. The summed E-state index contributed by atoms with van der Waals surface area (Å²) >= 11 is 12.6. The molecular formula is C44H45Cl3FN3O4. The van der Waals surface area contributed by atoms with Crippen LogP contribution in [0.4, 0.5) is 4.39 Å². The van der Waals surface area contributed by atoms with E-state index >= 15 is 0 Å². The summed E-state index contributed by atoms with van der Waals surface area (Å²) in [5.74, 6) is 2.14. The first-order chi connectivity index (χ1) is 26.2. The molecule has 288 valence electrons. The topological polar surface area (TPSA) is 64.1 Å². The van der Waals surface area contributed by atoms with Gasteiger partial charge >= 0.3 is 0 Å². The van der Waals surface area contributed by atoms with Crippen molar-refractivity contribution in [2.75, 3.05) is 32.8 Å². The Bertz CT molecular complexity index is 2030. The Morgan fingerprint density at radius 1 is 0.873 bits per heavy atom. The highest BCUT2D eigenvalue weighted by Gasteiger charge is 2.22. The molecule has 0 amide bonds. The highest BCUT2D eigenvalue weighted by molar-refractivity contribution is 6.32. The van der Waals surface area contributed by atoms with Gasteiger partial charge < -0.3 is 19.1 Å². The summed E-state index contributed by atoms with van der Waals surface area (Å²) in [5, 5.41) is 0.442. The smallest absolute Gasteiger partial charge is 0.219 e. The summed E-state index contributed by atoms with van der Waals surface area (Å²) in [6, 6.07) is 29.0. The van der Waals surface area contributed by atoms with Gasteiger partial charge in [-0.3, -0.25) is 9.69 Å². The Morgan fingerprint density at radius 3 is 2.24 bits per heavy atom. The Kier molecular flexibility index (Phi) is 15.0. The molecule has 1 aromatic heterocycles. The number of carbonyl (C=O) groups excluding carboxylic acids is 1. The standard InChI is InChI=1S/C44H44Cl2FN3O4.ClH/c1-30(2)34-11-13-37(14-12-34)52-24-18-32-7-9-33(10-8-32)28-49-19-21-50(22-20-49)41(17-23-51)36-25-31(3)44(40(46)26-36)54-42-16-15-38(27-48-42)53-29-35-5-4-6-39(45)43(35)47;/h4-17,23,25-27,30H,18-22,24,28-29H2,1-3H3;1H/b41-17+;. The second-order valence-corrected chi connectivity index (χ2v) is 14.4. The van der Waals surface area contributed by atoms with Gasteiger partial charge in [-0.05, 0) is 77.1 Å². The number of hydrogen-bond donors (Lipinski definition) is 0. The van der Waals surface area contributed by atoms with Gasteiger partial charge in [-0.2, -0.15) is 0 Å². The molecule has 0 atom stereocenters. The summed E-state index contributed by atoms with van der Waals surface area (Å²) in [7, 11) is 0. The molecule has 7 nitrogen and oxygen atoms in total. The average Bonchev–Trinajstić information content (AvgIpc) is 3.17. The van der Waals surface area contributed by atoms with Gasteiger partial charge in [-0.25, -0.2) is 9.37 Å². The number of rotatable bonds is 15. The van der Waals surface area contributed by atoms with E-state index in [1.807, 2.05) is 31.2 Å². The molecule has 1 saturated heterocycles. The fourth-order valence-corrected chi connectivity index (χ4v) is 6.85. The first-order valence-electron chi connectivity index (χ1n) is 18.1. The zero-order valence-electron chi connectivity index (χ0n) is 31.1. The Labute approximate surface area is 339 Å². The Balaban J connectivity index is 0.00000580. The molecule has 0 bridgehead atoms. The maximum absolute atomic E-state index is 14.2. The number of aryl methyl sites for hydroxylation is 1. The largest absolute Gasteiger partial charge is 0.493 e. The monoisotopic (exact) mass is 803 g/mol. The normalized spacial score (nSPS) is 13.4. The van der Waals surface area contributed by atoms with Crippen LogP contribution in [-0.4, -0.2) is 53.9 Å². The lowest BCUT2D eigenvalue weighted by molar-refractivity contribution is -0.104. The van der Waals surface area contributed by atoms with E-state index in [0.29, 0.717) is 40.5 Å². The van der Waals surface area contributed by atoms with Gasteiger partial charge in [0.25, 0.3) is 0 Å². The van der Waals surface area contributed by atoms with Gasteiger partial charge in [0.15, 0.2) is 5.75 Å². The van der Waals surface area contributed by atoms with Crippen LogP contribution in [-0.2, 0) is 24.4 Å². The second kappa shape index (κ2) is 19.8. The van der Waals surface area contributed by atoms with E-state index in [1.165, 1.54) is 29.0 Å². The number of piperazine rings is 1. The van der Waals surface area contributed by atoms with E-state index in [2.05, 4.69) is 65.0 Å². The number of allylic oxidation sites excluding steroid dienone is 1. The van der Waals surface area contributed by atoms with Gasteiger partial charge in [0.2, 0.25) is 5.88 Å². The maximum atomic E-state index is 14.2. The van der Waals surface area contributed by atoms with Crippen LogP contribution in [0.1, 0.15) is 53.1 Å².